The van der Waals surface area contributed by atoms with E-state index in [9.17, 15) is 28.8 Å². The number of primary amides is 1. The Morgan fingerprint density at radius 3 is 2.29 bits per heavy atom. The highest BCUT2D eigenvalue weighted by atomic mass is 33.1. The van der Waals surface area contributed by atoms with Crippen LogP contribution in [0.25, 0.3) is 0 Å². The van der Waals surface area contributed by atoms with Crippen molar-refractivity contribution in [1.82, 2.24) is 5.32 Å². The summed E-state index contributed by atoms with van der Waals surface area (Å²) in [5.74, 6) is -1.90. The van der Waals surface area contributed by atoms with Gasteiger partial charge in [0.15, 0.2) is 11.0 Å². The third-order valence-corrected chi connectivity index (χ3v) is 7.14. The number of rotatable bonds is 18. The zero-order valence-corrected chi connectivity index (χ0v) is 21.4. The van der Waals surface area contributed by atoms with Gasteiger partial charge in [0, 0.05) is 31.5 Å². The fraction of sp³-hybridized carbons (Fsp3) is 0.478. The average Bonchev–Trinajstić information content (AvgIpc) is 2.80. The van der Waals surface area contributed by atoms with Crippen LogP contribution in [0.1, 0.15) is 38.7 Å². The van der Waals surface area contributed by atoms with Crippen LogP contribution in [0, 0.1) is 0 Å². The fourth-order valence-electron chi connectivity index (χ4n) is 2.58. The molecule has 1 atom stereocenters. The minimum absolute atomic E-state index is 0.0961. The van der Waals surface area contributed by atoms with Crippen LogP contribution in [-0.4, -0.2) is 65.8 Å². The molecule has 0 aliphatic carbocycles. The number of carbonyl (C=O) groups is 6. The molecule has 192 valence electrons. The summed E-state index contributed by atoms with van der Waals surface area (Å²) in [5.41, 5.74) is 6.65. The maximum Gasteiger partial charge on any atom is 0.250 e. The van der Waals surface area contributed by atoms with Crippen LogP contribution < -0.4 is 16.4 Å². The molecule has 35 heavy (non-hydrogen) atoms. The second-order valence-corrected chi connectivity index (χ2v) is 10.0. The zero-order chi connectivity index (χ0) is 26.2. The van der Waals surface area contributed by atoms with Crippen molar-refractivity contribution >= 4 is 62.3 Å². The maximum atomic E-state index is 12.1. The molecule has 0 heterocycles. The van der Waals surface area contributed by atoms with Gasteiger partial charge < -0.3 is 21.1 Å². The lowest BCUT2D eigenvalue weighted by molar-refractivity contribution is -0.130. The van der Waals surface area contributed by atoms with Gasteiger partial charge in [0.25, 0.3) is 0 Å². The van der Waals surface area contributed by atoms with E-state index in [4.69, 9.17) is 10.5 Å². The van der Waals surface area contributed by atoms with Crippen LogP contribution in [-0.2, 0) is 39.9 Å². The van der Waals surface area contributed by atoms with Crippen LogP contribution in [0.5, 0.6) is 0 Å². The van der Waals surface area contributed by atoms with E-state index in [1.165, 1.54) is 6.92 Å². The Balaban J connectivity index is 2.35. The van der Waals surface area contributed by atoms with E-state index in [0.29, 0.717) is 31.5 Å². The molecular formula is C23H31N3O7S2. The van der Waals surface area contributed by atoms with Crippen LogP contribution in [0.2, 0.25) is 0 Å². The summed E-state index contributed by atoms with van der Waals surface area (Å²) in [7, 11) is 1.95. The van der Waals surface area contributed by atoms with Gasteiger partial charge in [-0.25, -0.2) is 0 Å². The first-order valence-corrected chi connectivity index (χ1v) is 13.3. The van der Waals surface area contributed by atoms with Gasteiger partial charge in [-0.1, -0.05) is 40.6 Å². The summed E-state index contributed by atoms with van der Waals surface area (Å²) in [5, 5.41) is 4.17. The third kappa shape index (κ3) is 13.7. The van der Waals surface area contributed by atoms with Crippen molar-refractivity contribution < 1.29 is 33.5 Å². The zero-order valence-electron chi connectivity index (χ0n) is 19.8. The Hall–Kier alpha value is -2.70. The number of nitrogens with one attached hydrogen (secondary N) is 2. The van der Waals surface area contributed by atoms with Crippen LogP contribution in [0.4, 0.5) is 5.69 Å². The van der Waals surface area contributed by atoms with E-state index in [1.807, 2.05) is 0 Å². The maximum absolute atomic E-state index is 12.1. The van der Waals surface area contributed by atoms with Gasteiger partial charge >= 0.3 is 0 Å². The summed E-state index contributed by atoms with van der Waals surface area (Å²) in [6.07, 6.45) is 1.59. The number of amides is 3. The summed E-state index contributed by atoms with van der Waals surface area (Å²) < 4.78 is 5.11. The SMILES string of the molecule is CCC(=O)CCNC(=O)CCc1ccc(NC(=O)COCC(=O)C(SSCC(C)=O)C(N)=O)cc1. The fourth-order valence-corrected chi connectivity index (χ4v) is 4.94. The first-order valence-electron chi connectivity index (χ1n) is 11.0. The van der Waals surface area contributed by atoms with Gasteiger partial charge in [-0.15, -0.1) is 0 Å². The topological polar surface area (TPSA) is 162 Å². The van der Waals surface area contributed by atoms with E-state index in [1.54, 1.807) is 31.2 Å². The number of benzene rings is 1. The van der Waals surface area contributed by atoms with Crippen LogP contribution in [0.15, 0.2) is 24.3 Å². The highest BCUT2D eigenvalue weighted by molar-refractivity contribution is 8.77. The lowest BCUT2D eigenvalue weighted by Crippen LogP contribution is -2.35. The average molecular weight is 526 g/mol. The van der Waals surface area contributed by atoms with Crippen molar-refractivity contribution in [2.24, 2.45) is 5.73 Å². The quantitative estimate of drug-likeness (QED) is 0.190. The van der Waals surface area contributed by atoms with E-state index in [2.05, 4.69) is 10.6 Å². The molecule has 1 unspecified atom stereocenters. The second kappa shape index (κ2) is 16.8. The largest absolute Gasteiger partial charge is 0.368 e. The van der Waals surface area contributed by atoms with Crippen molar-refractivity contribution in [3.63, 3.8) is 0 Å². The molecule has 1 aromatic carbocycles. The predicted molar refractivity (Wildman–Crippen MR) is 136 cm³/mol. The number of ketones is 3. The highest BCUT2D eigenvalue weighted by Crippen LogP contribution is 2.27. The van der Waals surface area contributed by atoms with Crippen molar-refractivity contribution in [3.05, 3.63) is 29.8 Å². The molecule has 10 nitrogen and oxygen atoms in total. The van der Waals surface area contributed by atoms with E-state index < -0.39 is 36.1 Å². The van der Waals surface area contributed by atoms with Crippen LogP contribution >= 0.6 is 21.6 Å². The molecule has 0 fully saturated rings. The summed E-state index contributed by atoms with van der Waals surface area (Å²) in [6, 6.07) is 6.92. The molecule has 4 N–H and O–H groups in total. The number of carbonyl (C=O) groups excluding carboxylic acids is 6. The number of hydrogen-bond donors (Lipinski definition) is 3. The molecule has 0 spiro atoms. The minimum atomic E-state index is -1.17. The van der Waals surface area contributed by atoms with E-state index >= 15 is 0 Å². The predicted octanol–water partition coefficient (Wildman–Crippen LogP) is 1.45. The van der Waals surface area contributed by atoms with Gasteiger partial charge in [0.2, 0.25) is 17.7 Å². The Kier molecular flexibility index (Phi) is 14.6. The van der Waals surface area contributed by atoms with Crippen molar-refractivity contribution in [2.75, 3.05) is 30.8 Å². The molecule has 0 aliphatic rings. The Labute approximate surface area is 212 Å². The van der Waals surface area contributed by atoms with Gasteiger partial charge in [0.1, 0.15) is 24.8 Å². The van der Waals surface area contributed by atoms with Crippen molar-refractivity contribution in [1.29, 1.82) is 0 Å². The monoisotopic (exact) mass is 525 g/mol. The number of hydrogen-bond acceptors (Lipinski definition) is 9. The molecule has 0 bridgehead atoms. The molecule has 0 saturated carbocycles. The lowest BCUT2D eigenvalue weighted by Gasteiger charge is -2.11. The molecule has 3 amide bonds. The molecule has 0 radical (unpaired) electrons. The second-order valence-electron chi connectivity index (χ2n) is 7.54. The Bertz CT molecular complexity index is 907. The third-order valence-electron chi connectivity index (χ3n) is 4.45. The smallest absolute Gasteiger partial charge is 0.250 e. The molecule has 1 rings (SSSR count). The number of anilines is 1. The molecule has 0 aliphatic heterocycles. The first-order chi connectivity index (χ1) is 16.6. The van der Waals surface area contributed by atoms with Gasteiger partial charge in [-0.05, 0) is 31.0 Å². The summed E-state index contributed by atoms with van der Waals surface area (Å²) >= 11 is 0. The van der Waals surface area contributed by atoms with Crippen molar-refractivity contribution in [3.8, 4) is 0 Å². The molecule has 1 aromatic rings. The summed E-state index contributed by atoms with van der Waals surface area (Å²) in [4.78, 5) is 69.7. The van der Waals surface area contributed by atoms with E-state index in [-0.39, 0.29) is 29.6 Å². The van der Waals surface area contributed by atoms with E-state index in [0.717, 1.165) is 27.2 Å². The number of nitrogens with two attached hydrogens (primary N) is 1. The van der Waals surface area contributed by atoms with Gasteiger partial charge in [-0.2, -0.15) is 0 Å². The molecule has 0 aromatic heterocycles. The molecule has 0 saturated heterocycles. The standard InChI is InChI=1S/C23H31N3O7S2/c1-3-18(28)10-11-25-20(30)9-6-16-4-7-17(8-5-16)26-21(31)13-33-12-19(29)22(23(24)32)35-34-14-15(2)27/h4-5,7-8,22H,3,6,9-14H2,1-2H3,(H2,24,32)(H,25,30)(H,26,31). The minimum Gasteiger partial charge on any atom is -0.368 e. The Morgan fingerprint density at radius 1 is 1.00 bits per heavy atom. The first kappa shape index (κ1) is 30.3. The molecular weight excluding hydrogens is 494 g/mol. The summed E-state index contributed by atoms with van der Waals surface area (Å²) in [6.45, 7) is 2.65. The molecule has 12 heteroatoms. The Morgan fingerprint density at radius 2 is 1.69 bits per heavy atom. The normalized spacial score (nSPS) is 11.4. The van der Waals surface area contributed by atoms with Gasteiger partial charge in [-0.3, -0.25) is 28.8 Å². The number of Topliss-reactive ketones (excluding diaryl/α,β-unsaturated/α-hetero) is 3. The van der Waals surface area contributed by atoms with Crippen LogP contribution in [0.3, 0.4) is 0 Å². The number of aryl methyl sites for hydroxylation is 1. The number of ether oxygens (including phenoxy) is 1. The highest BCUT2D eigenvalue weighted by Gasteiger charge is 2.25. The lowest BCUT2D eigenvalue weighted by atomic mass is 10.1. The van der Waals surface area contributed by atoms with Gasteiger partial charge in [0.05, 0.1) is 5.75 Å². The van der Waals surface area contributed by atoms with Crippen molar-refractivity contribution in [2.45, 2.75) is 44.8 Å².